The number of nitrogens with zero attached hydrogens (tertiary/aromatic N) is 1. The molecule has 4 nitrogen and oxygen atoms in total. The predicted octanol–water partition coefficient (Wildman–Crippen LogP) is 3.59. The summed E-state index contributed by atoms with van der Waals surface area (Å²) in [5.41, 5.74) is 0.770. The fourth-order valence-electron chi connectivity index (χ4n) is 4.24. The normalized spacial score (nSPS) is 28.0. The maximum Gasteiger partial charge on any atom is 0.321 e. The lowest BCUT2D eigenvalue weighted by Crippen LogP contribution is -2.35. The molecular weight excluding hydrogens is 319 g/mol. The highest BCUT2D eigenvalue weighted by molar-refractivity contribution is 5.89. The van der Waals surface area contributed by atoms with Gasteiger partial charge in [0.1, 0.15) is 5.82 Å². The number of amides is 2. The number of carbonyl (C=O) groups excluding carboxylic acids is 1. The summed E-state index contributed by atoms with van der Waals surface area (Å²) >= 11 is 0. The van der Waals surface area contributed by atoms with Crippen molar-refractivity contribution in [3.05, 3.63) is 66.0 Å². The minimum Gasteiger partial charge on any atom is -0.385 e. The molecule has 0 unspecified atom stereocenters. The lowest BCUT2D eigenvalue weighted by atomic mass is 9.90. The van der Waals surface area contributed by atoms with Gasteiger partial charge in [0.15, 0.2) is 0 Å². The van der Waals surface area contributed by atoms with Crippen molar-refractivity contribution in [2.75, 3.05) is 18.4 Å². The van der Waals surface area contributed by atoms with Crippen molar-refractivity contribution in [3.63, 3.8) is 0 Å². The maximum atomic E-state index is 12.9. The summed E-state index contributed by atoms with van der Waals surface area (Å²) in [5, 5.41) is 13.8. The van der Waals surface area contributed by atoms with Crippen LogP contribution in [0.25, 0.3) is 0 Å². The maximum absolute atomic E-state index is 12.9. The van der Waals surface area contributed by atoms with E-state index in [0.717, 1.165) is 5.56 Å². The van der Waals surface area contributed by atoms with Gasteiger partial charge in [-0.25, -0.2) is 9.18 Å². The van der Waals surface area contributed by atoms with Crippen LogP contribution in [0.2, 0.25) is 0 Å². The third kappa shape index (κ3) is 3.12. The number of fused-ring (bicyclic) bond motifs is 1. The van der Waals surface area contributed by atoms with Crippen molar-refractivity contribution >= 4 is 11.7 Å². The Morgan fingerprint density at radius 3 is 2.24 bits per heavy atom. The number of aliphatic hydroxyl groups is 1. The molecule has 25 heavy (non-hydrogen) atoms. The number of benzene rings is 2. The van der Waals surface area contributed by atoms with E-state index in [1.54, 1.807) is 17.0 Å². The highest BCUT2D eigenvalue weighted by atomic mass is 19.1. The molecule has 0 aromatic heterocycles. The molecule has 1 aliphatic heterocycles. The van der Waals surface area contributed by atoms with Crippen LogP contribution in [-0.2, 0) is 5.60 Å². The predicted molar refractivity (Wildman–Crippen MR) is 93.5 cm³/mol. The van der Waals surface area contributed by atoms with Crippen LogP contribution in [0.5, 0.6) is 0 Å². The summed E-state index contributed by atoms with van der Waals surface area (Å²) in [7, 11) is 0. The molecule has 2 N–H and O–H groups in total. The van der Waals surface area contributed by atoms with E-state index >= 15 is 0 Å². The lowest BCUT2D eigenvalue weighted by molar-refractivity contribution is 0.0328. The highest BCUT2D eigenvalue weighted by Crippen LogP contribution is 2.48. The minimum atomic E-state index is -0.782. The van der Waals surface area contributed by atoms with Gasteiger partial charge in [0.25, 0.3) is 0 Å². The fourth-order valence-corrected chi connectivity index (χ4v) is 4.24. The van der Waals surface area contributed by atoms with Gasteiger partial charge >= 0.3 is 6.03 Å². The van der Waals surface area contributed by atoms with E-state index in [9.17, 15) is 14.3 Å². The van der Waals surface area contributed by atoms with E-state index in [1.165, 1.54) is 12.1 Å². The summed E-state index contributed by atoms with van der Waals surface area (Å²) in [6, 6.07) is 15.4. The number of carbonyl (C=O) groups is 1. The Balaban J connectivity index is 1.39. The van der Waals surface area contributed by atoms with Crippen LogP contribution in [-0.4, -0.2) is 29.1 Å². The number of rotatable bonds is 2. The quantitative estimate of drug-likeness (QED) is 0.878. The van der Waals surface area contributed by atoms with Gasteiger partial charge < -0.3 is 15.3 Å². The number of urea groups is 1. The second-order valence-electron chi connectivity index (χ2n) is 7.17. The van der Waals surface area contributed by atoms with E-state index in [1.807, 2.05) is 30.3 Å². The summed E-state index contributed by atoms with van der Waals surface area (Å²) in [5.74, 6) is 0.294. The Bertz CT molecular complexity index is 749. The molecule has 2 aliphatic rings. The molecule has 1 saturated heterocycles. The van der Waals surface area contributed by atoms with E-state index in [0.29, 0.717) is 43.5 Å². The van der Waals surface area contributed by atoms with Gasteiger partial charge in [0, 0.05) is 18.8 Å². The van der Waals surface area contributed by atoms with Crippen LogP contribution in [0.4, 0.5) is 14.9 Å². The third-order valence-corrected chi connectivity index (χ3v) is 5.47. The molecule has 2 fully saturated rings. The lowest BCUT2D eigenvalue weighted by Gasteiger charge is -2.26. The van der Waals surface area contributed by atoms with Crippen LogP contribution in [0.3, 0.4) is 0 Å². The molecule has 0 bridgehead atoms. The van der Waals surface area contributed by atoms with Crippen LogP contribution < -0.4 is 5.32 Å². The number of nitrogens with one attached hydrogen (secondary N) is 1. The van der Waals surface area contributed by atoms with Gasteiger partial charge in [0.2, 0.25) is 0 Å². The molecule has 1 heterocycles. The Kier molecular flexibility index (Phi) is 3.96. The van der Waals surface area contributed by atoms with Crippen molar-refractivity contribution in [1.82, 2.24) is 4.90 Å². The van der Waals surface area contributed by atoms with Crippen molar-refractivity contribution in [1.29, 1.82) is 0 Å². The summed E-state index contributed by atoms with van der Waals surface area (Å²) in [4.78, 5) is 14.2. The van der Waals surface area contributed by atoms with Crippen LogP contribution in [0.15, 0.2) is 54.6 Å². The smallest absolute Gasteiger partial charge is 0.321 e. The van der Waals surface area contributed by atoms with Crippen LogP contribution >= 0.6 is 0 Å². The van der Waals surface area contributed by atoms with Crippen LogP contribution in [0.1, 0.15) is 18.4 Å². The van der Waals surface area contributed by atoms with Gasteiger partial charge in [0.05, 0.1) is 5.60 Å². The van der Waals surface area contributed by atoms with E-state index in [-0.39, 0.29) is 11.8 Å². The van der Waals surface area contributed by atoms with Crippen molar-refractivity contribution in [3.8, 4) is 0 Å². The van der Waals surface area contributed by atoms with Gasteiger partial charge in [-0.1, -0.05) is 30.3 Å². The van der Waals surface area contributed by atoms with Crippen LogP contribution in [0, 0.1) is 17.7 Å². The molecule has 2 aromatic carbocycles. The van der Waals surface area contributed by atoms with E-state index in [4.69, 9.17) is 0 Å². The Morgan fingerprint density at radius 1 is 1.04 bits per heavy atom. The Hall–Kier alpha value is -2.40. The average molecular weight is 340 g/mol. The molecule has 0 spiro atoms. The zero-order valence-corrected chi connectivity index (χ0v) is 13.9. The monoisotopic (exact) mass is 340 g/mol. The number of likely N-dealkylation sites (tertiary alicyclic amines) is 1. The van der Waals surface area contributed by atoms with E-state index in [2.05, 4.69) is 5.32 Å². The first kappa shape index (κ1) is 16.1. The van der Waals surface area contributed by atoms with Crippen molar-refractivity contribution in [2.24, 2.45) is 11.8 Å². The first-order chi connectivity index (χ1) is 12.0. The fraction of sp³-hybridized carbons (Fsp3) is 0.350. The van der Waals surface area contributed by atoms with Gasteiger partial charge in [-0.2, -0.15) is 0 Å². The summed E-state index contributed by atoms with van der Waals surface area (Å²) < 4.78 is 12.9. The van der Waals surface area contributed by atoms with E-state index < -0.39 is 5.60 Å². The largest absolute Gasteiger partial charge is 0.385 e. The Morgan fingerprint density at radius 2 is 1.64 bits per heavy atom. The summed E-state index contributed by atoms with van der Waals surface area (Å²) in [6.45, 7) is 1.29. The van der Waals surface area contributed by atoms with Crippen molar-refractivity contribution in [2.45, 2.75) is 18.4 Å². The number of halogens is 1. The summed E-state index contributed by atoms with van der Waals surface area (Å²) in [6.07, 6.45) is 1.37. The third-order valence-electron chi connectivity index (χ3n) is 5.47. The van der Waals surface area contributed by atoms with Gasteiger partial charge in [-0.3, -0.25) is 0 Å². The van der Waals surface area contributed by atoms with Crippen molar-refractivity contribution < 1.29 is 14.3 Å². The second-order valence-corrected chi connectivity index (χ2v) is 7.17. The molecular formula is C20H21FN2O2. The molecule has 1 saturated carbocycles. The second kappa shape index (κ2) is 6.15. The molecule has 2 aromatic rings. The molecule has 0 radical (unpaired) electrons. The zero-order chi connectivity index (χ0) is 17.4. The molecule has 5 heteroatoms. The molecule has 130 valence electrons. The van der Waals surface area contributed by atoms with Gasteiger partial charge in [-0.15, -0.1) is 0 Å². The first-order valence-corrected chi connectivity index (χ1v) is 8.63. The number of anilines is 1. The number of hydrogen-bond acceptors (Lipinski definition) is 2. The topological polar surface area (TPSA) is 52.6 Å². The standard InChI is InChI=1S/C20H21FN2O2/c21-17-6-8-18(9-7-17)22-19(24)23-12-14-10-20(25,11-15(14)13-23)16-4-2-1-3-5-16/h1-9,14-15,25H,10-13H2,(H,22,24)/t14-,15+,20-. The molecule has 3 atom stereocenters. The van der Waals surface area contributed by atoms with Gasteiger partial charge in [-0.05, 0) is 54.5 Å². The Labute approximate surface area is 146 Å². The highest BCUT2D eigenvalue weighted by Gasteiger charge is 2.49. The SMILES string of the molecule is O=C(Nc1ccc(F)cc1)N1C[C@@H]2C[C@@](O)(c3ccccc3)C[C@@H]2C1. The molecule has 2 amide bonds. The minimum absolute atomic E-state index is 0.163. The number of hydrogen-bond donors (Lipinski definition) is 2. The average Bonchev–Trinajstić information content (AvgIpc) is 3.14. The zero-order valence-electron chi connectivity index (χ0n) is 13.9. The molecule has 1 aliphatic carbocycles. The molecule has 4 rings (SSSR count). The first-order valence-electron chi connectivity index (χ1n) is 8.63.